The first-order valence-electron chi connectivity index (χ1n) is 8.58. The molecule has 1 aliphatic rings. The zero-order chi connectivity index (χ0) is 17.7. The van der Waals surface area contributed by atoms with Crippen LogP contribution in [0.5, 0.6) is 0 Å². The van der Waals surface area contributed by atoms with Gasteiger partial charge in [-0.25, -0.2) is 10.2 Å². The molecule has 0 radical (unpaired) electrons. The number of carbonyl (C=O) groups is 1. The van der Waals surface area contributed by atoms with Crippen LogP contribution in [0.1, 0.15) is 53.0 Å². The van der Waals surface area contributed by atoms with E-state index in [2.05, 4.69) is 53.5 Å². The topological polar surface area (TPSA) is 53.9 Å². The summed E-state index contributed by atoms with van der Waals surface area (Å²) < 4.78 is 5.22. The molecule has 2 rings (SSSR count). The number of carbonyl (C=O) groups excluding carboxylic acids is 1. The van der Waals surface area contributed by atoms with E-state index in [1.807, 2.05) is 26.8 Å². The summed E-state index contributed by atoms with van der Waals surface area (Å²) in [5.41, 5.74) is 4.35. The molecule has 0 saturated carbocycles. The summed E-state index contributed by atoms with van der Waals surface area (Å²) in [6.45, 7) is 10.9. The van der Waals surface area contributed by atoms with E-state index in [1.165, 1.54) is 5.56 Å². The van der Waals surface area contributed by atoms with Crippen molar-refractivity contribution in [1.82, 2.24) is 10.3 Å². The Morgan fingerprint density at radius 1 is 1.21 bits per heavy atom. The van der Waals surface area contributed by atoms with Crippen molar-refractivity contribution < 1.29 is 9.53 Å². The van der Waals surface area contributed by atoms with Gasteiger partial charge in [-0.15, -0.1) is 0 Å². The first-order valence-corrected chi connectivity index (χ1v) is 8.58. The monoisotopic (exact) mass is 331 g/mol. The number of nitrogens with one attached hydrogen (secondary N) is 1. The average molecular weight is 331 g/mol. The number of likely N-dealkylation sites (tertiary alicyclic amines) is 1. The van der Waals surface area contributed by atoms with Gasteiger partial charge in [-0.05, 0) is 40.2 Å². The highest BCUT2D eigenvalue weighted by Gasteiger charge is 2.28. The Hall–Kier alpha value is -1.88. The molecule has 1 N–H and O–H groups in total. The molecular formula is C19H29N3O2. The van der Waals surface area contributed by atoms with Crippen LogP contribution in [-0.2, 0) is 11.3 Å². The van der Waals surface area contributed by atoms with Gasteiger partial charge in [-0.3, -0.25) is 4.90 Å². The smallest absolute Gasteiger partial charge is 0.428 e. The van der Waals surface area contributed by atoms with Crippen LogP contribution in [0.25, 0.3) is 0 Å². The molecular weight excluding hydrogens is 302 g/mol. The fourth-order valence-electron chi connectivity index (χ4n) is 3.06. The van der Waals surface area contributed by atoms with E-state index in [0.29, 0.717) is 12.1 Å². The van der Waals surface area contributed by atoms with Gasteiger partial charge in [0.15, 0.2) is 0 Å². The molecule has 1 saturated heterocycles. The normalized spacial score (nSPS) is 24.0. The van der Waals surface area contributed by atoms with E-state index >= 15 is 0 Å². The zero-order valence-electron chi connectivity index (χ0n) is 15.4. The molecule has 1 heterocycles. The molecule has 1 fully saturated rings. The molecule has 1 aromatic carbocycles. The van der Waals surface area contributed by atoms with Gasteiger partial charge in [-0.2, -0.15) is 5.10 Å². The SMILES string of the molecule is C[C@@H]1C/C(=N/NC(=O)OC(C)(C)C)C[C@H](C)N1Cc1ccccc1. The van der Waals surface area contributed by atoms with Crippen LogP contribution in [0.15, 0.2) is 35.4 Å². The molecule has 1 aliphatic heterocycles. The van der Waals surface area contributed by atoms with Gasteiger partial charge in [0.1, 0.15) is 5.60 Å². The van der Waals surface area contributed by atoms with Gasteiger partial charge < -0.3 is 4.74 Å². The first-order chi connectivity index (χ1) is 11.2. The van der Waals surface area contributed by atoms with E-state index < -0.39 is 11.7 Å². The molecule has 0 spiro atoms. The Labute approximate surface area is 145 Å². The zero-order valence-corrected chi connectivity index (χ0v) is 15.4. The molecule has 0 unspecified atom stereocenters. The number of benzene rings is 1. The van der Waals surface area contributed by atoms with Crippen molar-refractivity contribution in [3.63, 3.8) is 0 Å². The van der Waals surface area contributed by atoms with Crippen molar-refractivity contribution in [2.45, 2.75) is 71.7 Å². The summed E-state index contributed by atoms with van der Waals surface area (Å²) >= 11 is 0. The fraction of sp³-hybridized carbons (Fsp3) is 0.579. The number of hydrazone groups is 1. The van der Waals surface area contributed by atoms with Gasteiger partial charge in [0.05, 0.1) is 0 Å². The van der Waals surface area contributed by atoms with E-state index in [9.17, 15) is 4.79 Å². The number of piperidine rings is 1. The van der Waals surface area contributed by atoms with Crippen molar-refractivity contribution in [3.05, 3.63) is 35.9 Å². The van der Waals surface area contributed by atoms with Crippen LogP contribution < -0.4 is 5.43 Å². The Kier molecular flexibility index (Phi) is 5.99. The number of ether oxygens (including phenoxy) is 1. The van der Waals surface area contributed by atoms with Crippen LogP contribution in [0, 0.1) is 0 Å². The van der Waals surface area contributed by atoms with Crippen LogP contribution >= 0.6 is 0 Å². The largest absolute Gasteiger partial charge is 0.443 e. The third-order valence-corrected chi connectivity index (χ3v) is 4.11. The lowest BCUT2D eigenvalue weighted by Crippen LogP contribution is -2.46. The second-order valence-electron chi connectivity index (χ2n) is 7.56. The lowest BCUT2D eigenvalue weighted by molar-refractivity contribution is 0.0527. The molecule has 5 nitrogen and oxygen atoms in total. The maximum atomic E-state index is 11.7. The summed E-state index contributed by atoms with van der Waals surface area (Å²) in [6.07, 6.45) is 1.21. The van der Waals surface area contributed by atoms with Crippen molar-refractivity contribution in [2.24, 2.45) is 5.10 Å². The summed E-state index contributed by atoms with van der Waals surface area (Å²) in [5, 5.41) is 4.28. The third kappa shape index (κ3) is 5.64. The Bertz CT molecular complexity index is 564. The second-order valence-corrected chi connectivity index (χ2v) is 7.56. The molecule has 1 aromatic rings. The van der Waals surface area contributed by atoms with Crippen LogP contribution in [0.3, 0.4) is 0 Å². The van der Waals surface area contributed by atoms with Crippen molar-refractivity contribution in [2.75, 3.05) is 0 Å². The van der Waals surface area contributed by atoms with Gasteiger partial charge in [0.2, 0.25) is 0 Å². The van der Waals surface area contributed by atoms with Crippen molar-refractivity contribution >= 4 is 11.8 Å². The van der Waals surface area contributed by atoms with E-state index in [-0.39, 0.29) is 0 Å². The Balaban J connectivity index is 1.92. The molecule has 2 atom stereocenters. The van der Waals surface area contributed by atoms with Crippen LogP contribution in [0.4, 0.5) is 4.79 Å². The Morgan fingerprint density at radius 3 is 2.33 bits per heavy atom. The van der Waals surface area contributed by atoms with Gasteiger partial charge in [0.25, 0.3) is 0 Å². The van der Waals surface area contributed by atoms with Crippen molar-refractivity contribution in [3.8, 4) is 0 Å². The molecule has 0 aliphatic carbocycles. The number of hydrogen-bond donors (Lipinski definition) is 1. The average Bonchev–Trinajstić information content (AvgIpc) is 2.48. The first kappa shape index (κ1) is 18.5. The minimum Gasteiger partial charge on any atom is -0.443 e. The second kappa shape index (κ2) is 7.79. The van der Waals surface area contributed by atoms with Gasteiger partial charge >= 0.3 is 6.09 Å². The van der Waals surface area contributed by atoms with Crippen LogP contribution in [0.2, 0.25) is 0 Å². The quantitative estimate of drug-likeness (QED) is 0.854. The van der Waals surface area contributed by atoms with Gasteiger partial charge in [-0.1, -0.05) is 30.3 Å². The highest BCUT2D eigenvalue weighted by molar-refractivity contribution is 5.87. The molecule has 1 amide bonds. The number of hydrogen-bond acceptors (Lipinski definition) is 4. The molecule has 132 valence electrons. The molecule has 0 aromatic heterocycles. The predicted molar refractivity (Wildman–Crippen MR) is 96.9 cm³/mol. The third-order valence-electron chi connectivity index (χ3n) is 4.11. The maximum Gasteiger partial charge on any atom is 0.428 e. The van der Waals surface area contributed by atoms with Crippen LogP contribution in [-0.4, -0.2) is 34.4 Å². The molecule has 24 heavy (non-hydrogen) atoms. The lowest BCUT2D eigenvalue weighted by Gasteiger charge is -2.39. The van der Waals surface area contributed by atoms with E-state index in [1.54, 1.807) is 0 Å². The van der Waals surface area contributed by atoms with E-state index in [0.717, 1.165) is 25.1 Å². The molecule has 5 heteroatoms. The van der Waals surface area contributed by atoms with Crippen molar-refractivity contribution in [1.29, 1.82) is 0 Å². The highest BCUT2D eigenvalue weighted by atomic mass is 16.6. The highest BCUT2D eigenvalue weighted by Crippen LogP contribution is 2.23. The maximum absolute atomic E-state index is 11.7. The minimum absolute atomic E-state index is 0.383. The summed E-state index contributed by atoms with van der Waals surface area (Å²) in [4.78, 5) is 14.2. The standard InChI is InChI=1S/C19H29N3O2/c1-14-11-17(20-21-18(23)24-19(3,4)5)12-15(2)22(14)13-16-9-7-6-8-10-16/h6-10,14-15H,11-13H2,1-5H3,(H,21,23)/b20-17-/t14-,15+/m1/s1. The number of amides is 1. The minimum atomic E-state index is -0.510. The Morgan fingerprint density at radius 2 is 1.79 bits per heavy atom. The molecule has 0 bridgehead atoms. The number of rotatable bonds is 3. The predicted octanol–water partition coefficient (Wildman–Crippen LogP) is 3.94. The fourth-order valence-corrected chi connectivity index (χ4v) is 3.06. The summed E-state index contributed by atoms with van der Waals surface area (Å²) in [5.74, 6) is 0. The van der Waals surface area contributed by atoms with Gasteiger partial charge in [0, 0.05) is 37.2 Å². The summed E-state index contributed by atoms with van der Waals surface area (Å²) in [7, 11) is 0. The number of nitrogens with zero attached hydrogens (tertiary/aromatic N) is 2. The lowest BCUT2D eigenvalue weighted by atomic mass is 9.95. The summed E-state index contributed by atoms with van der Waals surface area (Å²) in [6, 6.07) is 11.3. The van der Waals surface area contributed by atoms with E-state index in [4.69, 9.17) is 4.74 Å².